The van der Waals surface area contributed by atoms with Gasteiger partial charge in [0, 0.05) is 25.3 Å². The number of ether oxygens (including phenoxy) is 4. The Balaban J connectivity index is 3.11. The number of rotatable bonds is 11. The monoisotopic (exact) mass is 484 g/mol. The summed E-state index contributed by atoms with van der Waals surface area (Å²) in [7, 11) is 0. The van der Waals surface area contributed by atoms with Gasteiger partial charge in [-0.1, -0.05) is 20.8 Å². The summed E-state index contributed by atoms with van der Waals surface area (Å²) in [5.74, 6) is -1.68. The van der Waals surface area contributed by atoms with E-state index in [-0.39, 0.29) is 37.4 Å². The first-order chi connectivity index (χ1) is 16.1. The van der Waals surface area contributed by atoms with Crippen LogP contribution in [0.15, 0.2) is 16.6 Å². The molecule has 0 spiro atoms. The highest BCUT2D eigenvalue weighted by Crippen LogP contribution is 2.27. The van der Waals surface area contributed by atoms with E-state index in [4.69, 9.17) is 19.9 Å². The minimum atomic E-state index is -0.983. The van der Waals surface area contributed by atoms with Crippen molar-refractivity contribution in [2.24, 2.45) is 10.7 Å². The number of esters is 2. The first-order valence-electron chi connectivity index (χ1n) is 11.4. The van der Waals surface area contributed by atoms with Crippen LogP contribution in [0.4, 0.5) is 4.79 Å². The van der Waals surface area contributed by atoms with Gasteiger partial charge in [-0.2, -0.15) is 0 Å². The molecular formula is C22H36N4O8. The Morgan fingerprint density at radius 2 is 1.79 bits per heavy atom. The topological polar surface area (TPSA) is 168 Å². The van der Waals surface area contributed by atoms with E-state index in [1.165, 1.54) is 6.92 Å². The third kappa shape index (κ3) is 9.77. The van der Waals surface area contributed by atoms with Crippen LogP contribution in [0.1, 0.15) is 60.3 Å². The van der Waals surface area contributed by atoms with E-state index in [9.17, 15) is 19.2 Å². The molecule has 0 saturated carbocycles. The van der Waals surface area contributed by atoms with Crippen LogP contribution in [0.5, 0.6) is 0 Å². The molecule has 0 aromatic rings. The standard InChI is InChI=1S/C22H36N4O8/c1-6-15(7-2)34-17-11-14(20(29)31-9-4)10-16(19(17)24-13(5)27)25-21(23)26-22(30)33-12-32-18(28)8-3/h11,15-17,19H,6-10,12H2,1-5H3,(H,24,27)(H3,23,25,26,30)/t16-,17+,19+/m0/s1. The zero-order chi connectivity index (χ0) is 25.7. The first kappa shape index (κ1) is 28.9. The molecule has 1 aliphatic carbocycles. The quantitative estimate of drug-likeness (QED) is 0.169. The van der Waals surface area contributed by atoms with Crippen LogP contribution in [-0.4, -0.2) is 67.6 Å². The SMILES string of the molecule is CCOC(=O)C1=C[C@@H](OC(CC)CC)[C@H](NC(C)=O)[C@@H](N=C(N)NC(=O)OCOC(=O)CC)C1. The summed E-state index contributed by atoms with van der Waals surface area (Å²) in [6.07, 6.45) is 1.56. The molecule has 0 fully saturated rings. The summed E-state index contributed by atoms with van der Waals surface area (Å²) >= 11 is 0. The van der Waals surface area contributed by atoms with Crippen molar-refractivity contribution in [3.63, 3.8) is 0 Å². The number of nitrogens with one attached hydrogen (secondary N) is 2. The number of alkyl carbamates (subject to hydrolysis) is 1. The molecule has 0 radical (unpaired) electrons. The second-order valence-corrected chi connectivity index (χ2v) is 7.51. The lowest BCUT2D eigenvalue weighted by Crippen LogP contribution is -2.54. The third-order valence-electron chi connectivity index (χ3n) is 4.96. The molecule has 1 aliphatic rings. The fourth-order valence-corrected chi connectivity index (χ4v) is 3.28. The molecule has 3 atom stereocenters. The molecule has 0 aromatic carbocycles. The van der Waals surface area contributed by atoms with Gasteiger partial charge in [0.15, 0.2) is 5.96 Å². The fraction of sp³-hybridized carbons (Fsp3) is 0.682. The molecule has 1 rings (SSSR count). The number of nitrogens with zero attached hydrogens (tertiary/aromatic N) is 1. The highest BCUT2D eigenvalue weighted by molar-refractivity contribution is 5.93. The largest absolute Gasteiger partial charge is 0.463 e. The molecule has 0 saturated heterocycles. The summed E-state index contributed by atoms with van der Waals surface area (Å²) < 4.78 is 20.7. The molecule has 192 valence electrons. The molecule has 0 unspecified atom stereocenters. The van der Waals surface area contributed by atoms with E-state index < -0.39 is 43.0 Å². The van der Waals surface area contributed by atoms with Crippen molar-refractivity contribution in [2.75, 3.05) is 13.4 Å². The van der Waals surface area contributed by atoms with Gasteiger partial charge < -0.3 is 30.0 Å². The first-order valence-corrected chi connectivity index (χ1v) is 11.4. The number of amides is 2. The molecular weight excluding hydrogens is 448 g/mol. The minimum Gasteiger partial charge on any atom is -0.463 e. The molecule has 12 heteroatoms. The van der Waals surface area contributed by atoms with Crippen molar-refractivity contribution >= 4 is 29.9 Å². The highest BCUT2D eigenvalue weighted by Gasteiger charge is 2.38. The summed E-state index contributed by atoms with van der Waals surface area (Å²) in [6.45, 7) is 8.21. The van der Waals surface area contributed by atoms with E-state index in [0.29, 0.717) is 5.57 Å². The Bertz CT molecular complexity index is 779. The smallest absolute Gasteiger partial charge is 0.416 e. The maximum atomic E-state index is 12.5. The summed E-state index contributed by atoms with van der Waals surface area (Å²) in [6, 6.07) is -1.40. The number of hydrogen-bond acceptors (Lipinski definition) is 9. The van der Waals surface area contributed by atoms with Crippen LogP contribution in [0.25, 0.3) is 0 Å². The lowest BCUT2D eigenvalue weighted by molar-refractivity contribution is -0.151. The number of carbonyl (C=O) groups excluding carboxylic acids is 4. The van der Waals surface area contributed by atoms with Crippen LogP contribution in [0.3, 0.4) is 0 Å². The predicted molar refractivity (Wildman–Crippen MR) is 122 cm³/mol. The Morgan fingerprint density at radius 1 is 1.12 bits per heavy atom. The van der Waals surface area contributed by atoms with Gasteiger partial charge in [-0.05, 0) is 25.8 Å². The molecule has 2 amide bonds. The van der Waals surface area contributed by atoms with Gasteiger partial charge in [-0.25, -0.2) is 14.6 Å². The Kier molecular flexibility index (Phi) is 12.6. The number of hydrogen-bond donors (Lipinski definition) is 3. The van der Waals surface area contributed by atoms with Crippen molar-refractivity contribution in [1.29, 1.82) is 0 Å². The van der Waals surface area contributed by atoms with Crippen molar-refractivity contribution in [1.82, 2.24) is 10.6 Å². The van der Waals surface area contributed by atoms with E-state index in [0.717, 1.165) is 12.8 Å². The maximum Gasteiger partial charge on any atom is 0.416 e. The van der Waals surface area contributed by atoms with Gasteiger partial charge >= 0.3 is 18.0 Å². The van der Waals surface area contributed by atoms with Crippen molar-refractivity contribution in [2.45, 2.75) is 84.6 Å². The number of guanidine groups is 1. The normalized spacial score (nSPS) is 20.2. The Labute approximate surface area is 199 Å². The Hall–Kier alpha value is -3.15. The molecule has 4 N–H and O–H groups in total. The third-order valence-corrected chi connectivity index (χ3v) is 4.96. The van der Waals surface area contributed by atoms with Crippen LogP contribution in [-0.2, 0) is 33.3 Å². The maximum absolute atomic E-state index is 12.5. The second-order valence-electron chi connectivity index (χ2n) is 7.51. The molecule has 34 heavy (non-hydrogen) atoms. The lowest BCUT2D eigenvalue weighted by atomic mass is 9.88. The van der Waals surface area contributed by atoms with Crippen LogP contribution in [0, 0.1) is 0 Å². The number of nitrogens with two attached hydrogens (primary N) is 1. The van der Waals surface area contributed by atoms with Crippen molar-refractivity contribution < 1.29 is 38.1 Å². The predicted octanol–water partition coefficient (Wildman–Crippen LogP) is 1.28. The molecule has 0 aromatic heterocycles. The zero-order valence-electron chi connectivity index (χ0n) is 20.4. The Morgan fingerprint density at radius 3 is 2.35 bits per heavy atom. The molecule has 0 heterocycles. The highest BCUT2D eigenvalue weighted by atomic mass is 16.7. The van der Waals surface area contributed by atoms with Gasteiger partial charge in [0.05, 0.1) is 30.9 Å². The number of aliphatic imine (C=N–C) groups is 1. The summed E-state index contributed by atoms with van der Waals surface area (Å²) in [5, 5.41) is 5.04. The van der Waals surface area contributed by atoms with E-state index in [1.807, 2.05) is 13.8 Å². The summed E-state index contributed by atoms with van der Waals surface area (Å²) in [5.41, 5.74) is 6.21. The molecule has 0 bridgehead atoms. The van der Waals surface area contributed by atoms with Crippen LogP contribution in [0.2, 0.25) is 0 Å². The van der Waals surface area contributed by atoms with Gasteiger partial charge in [-0.15, -0.1) is 0 Å². The number of carbonyl (C=O) groups is 4. The fourth-order valence-electron chi connectivity index (χ4n) is 3.28. The van der Waals surface area contributed by atoms with Gasteiger partial charge in [-0.3, -0.25) is 14.9 Å². The van der Waals surface area contributed by atoms with Crippen LogP contribution < -0.4 is 16.4 Å². The molecule has 0 aliphatic heterocycles. The van der Waals surface area contributed by atoms with E-state index >= 15 is 0 Å². The average molecular weight is 485 g/mol. The van der Waals surface area contributed by atoms with Crippen molar-refractivity contribution in [3.05, 3.63) is 11.6 Å². The zero-order valence-corrected chi connectivity index (χ0v) is 20.4. The van der Waals surface area contributed by atoms with Gasteiger partial charge in [0.1, 0.15) is 0 Å². The van der Waals surface area contributed by atoms with E-state index in [2.05, 4.69) is 20.4 Å². The van der Waals surface area contributed by atoms with Gasteiger partial charge in [0.25, 0.3) is 0 Å². The summed E-state index contributed by atoms with van der Waals surface area (Å²) in [4.78, 5) is 51.7. The lowest BCUT2D eigenvalue weighted by Gasteiger charge is -2.36. The minimum absolute atomic E-state index is 0.0953. The van der Waals surface area contributed by atoms with Gasteiger partial charge in [0.2, 0.25) is 12.7 Å². The average Bonchev–Trinajstić information content (AvgIpc) is 2.78. The van der Waals surface area contributed by atoms with E-state index in [1.54, 1.807) is 19.9 Å². The van der Waals surface area contributed by atoms with Crippen molar-refractivity contribution in [3.8, 4) is 0 Å². The second kappa shape index (κ2) is 14.9. The van der Waals surface area contributed by atoms with Crippen LogP contribution >= 0.6 is 0 Å². The molecule has 12 nitrogen and oxygen atoms in total.